The van der Waals surface area contributed by atoms with Crippen molar-refractivity contribution in [2.45, 2.75) is 98.4 Å². The third-order valence-corrected chi connectivity index (χ3v) is 12.3. The number of phenols is 1. The third-order valence-electron chi connectivity index (χ3n) is 12.3. The lowest BCUT2D eigenvalue weighted by molar-refractivity contribution is -0.145. The highest BCUT2D eigenvalue weighted by atomic mass is 16.5. The molecule has 2 fully saturated rings. The summed E-state index contributed by atoms with van der Waals surface area (Å²) in [6, 6.07) is 13.8. The molecule has 14 heteroatoms. The lowest BCUT2D eigenvalue weighted by atomic mass is 9.84. The maximum Gasteiger partial charge on any atom is 0.293 e. The molecule has 4 heterocycles. The summed E-state index contributed by atoms with van der Waals surface area (Å²) in [5, 5.41) is 20.1. The van der Waals surface area contributed by atoms with Gasteiger partial charge in [0.15, 0.2) is 0 Å². The van der Waals surface area contributed by atoms with E-state index >= 15 is 0 Å². The van der Waals surface area contributed by atoms with Gasteiger partial charge >= 0.3 is 0 Å². The number of carbonyl (C=O) groups is 4. The van der Waals surface area contributed by atoms with Crippen LogP contribution in [0.5, 0.6) is 5.75 Å². The molecular weight excluding hydrogens is 787 g/mol. The van der Waals surface area contributed by atoms with E-state index in [1.54, 1.807) is 37.5 Å². The van der Waals surface area contributed by atoms with E-state index < -0.39 is 23.4 Å². The standard InChI is InChI=1S/C48H65N7O7/c1-9-54-41-15-14-33(25-38(41)39(26-48(5,6)28-62-29-56)44(54)37-13-12-17-50-42(37)31(4)61-8)35-21-32(22-36(57)24-35)23-40(47(60)55-20-11-10-18-51-55)52-45(58)43(30(2)3)53(7)46(59)34-16-19-49-27-34/h12-15,17,21-22,24-25,29-31,34,40,43,49,51,57H,9-11,16,18-20,23,26-28H2,1-8H3,(H,52,58). The molecule has 3 amide bonds. The van der Waals surface area contributed by atoms with E-state index in [0.717, 1.165) is 63.9 Å². The van der Waals surface area contributed by atoms with Crippen LogP contribution in [0.1, 0.15) is 83.7 Å². The average Bonchev–Trinajstić information content (AvgIpc) is 3.91. The van der Waals surface area contributed by atoms with E-state index in [2.05, 4.69) is 59.6 Å². The molecule has 2 aromatic heterocycles. The Hall–Kier alpha value is -5.31. The zero-order valence-corrected chi connectivity index (χ0v) is 37.6. The maximum absolute atomic E-state index is 14.3. The van der Waals surface area contributed by atoms with Crippen molar-refractivity contribution < 1.29 is 33.8 Å². The summed E-state index contributed by atoms with van der Waals surface area (Å²) in [4.78, 5) is 59.6. The molecule has 4 atom stereocenters. The van der Waals surface area contributed by atoms with Gasteiger partial charge in [0.05, 0.1) is 30.0 Å². The van der Waals surface area contributed by atoms with Gasteiger partial charge in [-0.05, 0) is 111 Å². The minimum Gasteiger partial charge on any atom is -0.508 e. The minimum absolute atomic E-state index is 0.0227. The molecule has 0 spiro atoms. The number of aromatic nitrogens is 2. The zero-order chi connectivity index (χ0) is 44.7. The third kappa shape index (κ3) is 10.3. The number of phenolic OH excluding ortho intramolecular Hbond substituents is 1. The van der Waals surface area contributed by atoms with Crippen molar-refractivity contribution in [2.24, 2.45) is 17.3 Å². The molecule has 0 saturated carbocycles. The Bertz CT molecular complexity index is 2220. The number of nitrogens with zero attached hydrogens (tertiary/aromatic N) is 4. The highest BCUT2D eigenvalue weighted by Gasteiger charge is 2.37. The van der Waals surface area contributed by atoms with Gasteiger partial charge in [0, 0.05) is 74.8 Å². The number of fused-ring (bicyclic) bond motifs is 1. The molecule has 2 aromatic carbocycles. The van der Waals surface area contributed by atoms with Gasteiger partial charge in [-0.25, -0.2) is 5.43 Å². The second-order valence-corrected chi connectivity index (χ2v) is 18.0. The fraction of sp³-hybridized carbons (Fsp3) is 0.521. The molecule has 62 heavy (non-hydrogen) atoms. The first kappa shape index (κ1) is 46.2. The van der Waals surface area contributed by atoms with Gasteiger partial charge in [-0.2, -0.15) is 0 Å². The van der Waals surface area contributed by atoms with Crippen molar-refractivity contribution in [3.63, 3.8) is 0 Å². The van der Waals surface area contributed by atoms with E-state index in [4.69, 9.17) is 14.5 Å². The second kappa shape index (κ2) is 20.3. The Labute approximate surface area is 365 Å². The number of hydrazine groups is 1. The van der Waals surface area contributed by atoms with Crippen LogP contribution in [0, 0.1) is 17.3 Å². The number of pyridine rings is 1. The normalized spacial score (nSPS) is 17.2. The van der Waals surface area contributed by atoms with Crippen molar-refractivity contribution in [2.75, 3.05) is 46.9 Å². The number of hydrogen-bond donors (Lipinski definition) is 4. The minimum atomic E-state index is -0.977. The number of ether oxygens (including phenoxy) is 2. The number of rotatable bonds is 18. The molecule has 4 aromatic rings. The first-order chi connectivity index (χ1) is 29.7. The van der Waals surface area contributed by atoms with Crippen molar-refractivity contribution in [3.8, 4) is 28.1 Å². The van der Waals surface area contributed by atoms with Gasteiger partial charge in [-0.1, -0.05) is 39.8 Å². The monoisotopic (exact) mass is 851 g/mol. The second-order valence-electron chi connectivity index (χ2n) is 18.0. The summed E-state index contributed by atoms with van der Waals surface area (Å²) in [5.41, 5.74) is 9.88. The van der Waals surface area contributed by atoms with Crippen LogP contribution >= 0.6 is 0 Å². The Morgan fingerprint density at radius 1 is 1.08 bits per heavy atom. The van der Waals surface area contributed by atoms with E-state index in [1.165, 1.54) is 4.90 Å². The number of nitrogens with one attached hydrogen (secondary N) is 3. The number of benzene rings is 2. The molecule has 0 bridgehead atoms. The van der Waals surface area contributed by atoms with E-state index in [0.29, 0.717) is 51.1 Å². The lowest BCUT2D eigenvalue weighted by Crippen LogP contribution is -2.59. The molecule has 2 aliphatic rings. The van der Waals surface area contributed by atoms with Crippen LogP contribution in [0.4, 0.5) is 0 Å². The Balaban J connectivity index is 1.40. The predicted molar refractivity (Wildman–Crippen MR) is 240 cm³/mol. The quantitative estimate of drug-likeness (QED) is 0.0901. The van der Waals surface area contributed by atoms with E-state index in [-0.39, 0.29) is 48.5 Å². The van der Waals surface area contributed by atoms with Crippen LogP contribution in [0.25, 0.3) is 33.3 Å². The van der Waals surface area contributed by atoms with Crippen LogP contribution in [-0.2, 0) is 48.0 Å². The molecule has 334 valence electrons. The summed E-state index contributed by atoms with van der Waals surface area (Å²) < 4.78 is 13.4. The number of carbonyl (C=O) groups excluding carboxylic acids is 4. The van der Waals surface area contributed by atoms with Gasteiger partial charge in [0.25, 0.3) is 12.4 Å². The largest absolute Gasteiger partial charge is 0.508 e. The molecule has 6 rings (SSSR count). The number of hydrogen-bond acceptors (Lipinski definition) is 10. The Kier molecular flexibility index (Phi) is 15.1. The average molecular weight is 852 g/mol. The van der Waals surface area contributed by atoms with Crippen LogP contribution in [0.15, 0.2) is 54.7 Å². The molecular formula is C48H65N7O7. The summed E-state index contributed by atoms with van der Waals surface area (Å²) in [7, 11) is 3.34. The van der Waals surface area contributed by atoms with E-state index in [9.17, 15) is 24.3 Å². The number of likely N-dealkylation sites (N-methyl/N-ethyl adjacent to an activating group) is 1. The number of aryl methyl sites for hydroxylation is 1. The summed E-state index contributed by atoms with van der Waals surface area (Å²) in [6.07, 6.45) is 4.67. The lowest BCUT2D eigenvalue weighted by Gasteiger charge is -2.35. The summed E-state index contributed by atoms with van der Waals surface area (Å²) in [5.74, 6) is -1.16. The Morgan fingerprint density at radius 2 is 1.87 bits per heavy atom. The van der Waals surface area contributed by atoms with Crippen LogP contribution in [0.3, 0.4) is 0 Å². The first-order valence-corrected chi connectivity index (χ1v) is 22.0. The number of methoxy groups -OCH3 is 1. The highest BCUT2D eigenvalue weighted by Crippen LogP contribution is 2.42. The van der Waals surface area contributed by atoms with Crippen molar-refractivity contribution in [1.82, 2.24) is 35.5 Å². The van der Waals surface area contributed by atoms with Gasteiger partial charge in [-0.15, -0.1) is 0 Å². The van der Waals surface area contributed by atoms with Crippen molar-refractivity contribution >= 4 is 35.1 Å². The van der Waals surface area contributed by atoms with Crippen molar-refractivity contribution in [3.05, 3.63) is 71.5 Å². The maximum atomic E-state index is 14.3. The molecule has 14 nitrogen and oxygen atoms in total. The smallest absolute Gasteiger partial charge is 0.293 e. The Morgan fingerprint density at radius 3 is 2.53 bits per heavy atom. The van der Waals surface area contributed by atoms with Crippen LogP contribution < -0.4 is 16.1 Å². The first-order valence-electron chi connectivity index (χ1n) is 22.0. The summed E-state index contributed by atoms with van der Waals surface area (Å²) >= 11 is 0. The van der Waals surface area contributed by atoms with Gasteiger partial charge in [0.1, 0.15) is 17.8 Å². The predicted octanol–water partition coefficient (Wildman–Crippen LogP) is 5.79. The fourth-order valence-corrected chi connectivity index (χ4v) is 9.19. The van der Waals surface area contributed by atoms with Gasteiger partial charge < -0.3 is 34.7 Å². The van der Waals surface area contributed by atoms with Crippen molar-refractivity contribution in [1.29, 1.82) is 0 Å². The number of aromatic hydroxyl groups is 1. The molecule has 0 radical (unpaired) electrons. The van der Waals surface area contributed by atoms with E-state index in [1.807, 2.05) is 39.0 Å². The molecule has 0 aliphatic carbocycles. The molecule has 2 aliphatic heterocycles. The number of amides is 3. The zero-order valence-electron chi connectivity index (χ0n) is 37.6. The van der Waals surface area contributed by atoms with Gasteiger partial charge in [-0.3, -0.25) is 29.2 Å². The highest BCUT2D eigenvalue weighted by molar-refractivity contribution is 5.96. The summed E-state index contributed by atoms with van der Waals surface area (Å²) in [6.45, 7) is 15.9. The molecule has 4 unspecified atom stereocenters. The molecule has 4 N–H and O–H groups in total. The topological polar surface area (TPSA) is 167 Å². The van der Waals surface area contributed by atoms with Crippen LogP contribution in [0.2, 0.25) is 0 Å². The molecule has 2 saturated heterocycles. The SMILES string of the molecule is CCn1c(-c2cccnc2C(C)OC)c(CC(C)(C)COC=O)c2cc(-c3cc(O)cc(CC(NC(=O)C(C(C)C)N(C)C(=O)C4CCNC4)C(=O)N4CCCCN4)c3)ccc21. The van der Waals surface area contributed by atoms with Crippen LogP contribution in [-0.4, -0.2) is 108 Å². The van der Waals surface area contributed by atoms with Gasteiger partial charge in [0.2, 0.25) is 11.8 Å². The fourth-order valence-electron chi connectivity index (χ4n) is 9.19.